The third-order valence-corrected chi connectivity index (χ3v) is 2.97. The molecule has 1 aromatic carbocycles. The zero-order valence-corrected chi connectivity index (χ0v) is 10.6. The first-order valence-corrected chi connectivity index (χ1v) is 6.29. The highest BCUT2D eigenvalue weighted by Gasteiger charge is 2.19. The van der Waals surface area contributed by atoms with Crippen molar-refractivity contribution in [3.63, 3.8) is 0 Å². The van der Waals surface area contributed by atoms with Crippen molar-refractivity contribution < 1.29 is 13.9 Å². The van der Waals surface area contributed by atoms with Crippen LogP contribution in [0.15, 0.2) is 24.3 Å². The van der Waals surface area contributed by atoms with E-state index in [1.807, 2.05) is 0 Å². The zero-order valence-electron chi connectivity index (χ0n) is 10.6. The first kappa shape index (κ1) is 13.8. The fourth-order valence-corrected chi connectivity index (χ4v) is 1.92. The van der Waals surface area contributed by atoms with E-state index in [1.165, 1.54) is 0 Å². The van der Waals surface area contributed by atoms with Crippen LogP contribution in [0.25, 0.3) is 0 Å². The average Bonchev–Trinajstić information content (AvgIpc) is 2.47. The minimum atomic E-state index is -0.837. The molecule has 104 valence electrons. The molecule has 1 amide bonds. The van der Waals surface area contributed by atoms with Crippen LogP contribution in [0.3, 0.4) is 0 Å². The molecule has 0 saturated carbocycles. The topological polar surface area (TPSA) is 62.4 Å². The van der Waals surface area contributed by atoms with Crippen LogP contribution in [0, 0.1) is 0 Å². The van der Waals surface area contributed by atoms with Crippen molar-refractivity contribution >= 4 is 5.91 Å². The average molecular weight is 267 g/mol. The predicted molar refractivity (Wildman–Crippen MR) is 69.6 cm³/mol. The molecule has 5 nitrogen and oxygen atoms in total. The molecule has 19 heavy (non-hydrogen) atoms. The second-order valence-corrected chi connectivity index (χ2v) is 4.33. The quantitative estimate of drug-likeness (QED) is 0.712. The minimum absolute atomic E-state index is 0.0173. The number of benzene rings is 1. The van der Waals surface area contributed by atoms with E-state index < -0.39 is 6.86 Å². The van der Waals surface area contributed by atoms with E-state index in [0.29, 0.717) is 18.8 Å². The minimum Gasteiger partial charge on any atom is -0.463 e. The van der Waals surface area contributed by atoms with Crippen LogP contribution in [0.5, 0.6) is 5.75 Å². The van der Waals surface area contributed by atoms with Crippen molar-refractivity contribution in [3.05, 3.63) is 29.8 Å². The Hall–Kier alpha value is -1.66. The Morgan fingerprint density at radius 3 is 2.79 bits per heavy atom. The van der Waals surface area contributed by atoms with Crippen molar-refractivity contribution in [1.29, 1.82) is 0 Å². The zero-order chi connectivity index (χ0) is 13.5. The van der Waals surface area contributed by atoms with Gasteiger partial charge in [0.2, 0.25) is 12.8 Å². The van der Waals surface area contributed by atoms with Crippen LogP contribution < -0.4 is 20.7 Å². The highest BCUT2D eigenvalue weighted by Crippen LogP contribution is 2.12. The lowest BCUT2D eigenvalue weighted by molar-refractivity contribution is -0.123. The normalized spacial score (nSPS) is 18.9. The number of carbonyl (C=O) groups is 1. The summed E-state index contributed by atoms with van der Waals surface area (Å²) < 4.78 is 16.7. The molecule has 1 atom stereocenters. The molecule has 1 unspecified atom stereocenters. The lowest BCUT2D eigenvalue weighted by atomic mass is 10.2. The number of ether oxygens (including phenoxy) is 1. The van der Waals surface area contributed by atoms with Gasteiger partial charge in [0.05, 0.1) is 6.04 Å². The van der Waals surface area contributed by atoms with Gasteiger partial charge in [0.1, 0.15) is 5.75 Å². The molecule has 1 heterocycles. The molecule has 0 aromatic heterocycles. The van der Waals surface area contributed by atoms with Crippen molar-refractivity contribution in [2.24, 2.45) is 0 Å². The highest BCUT2D eigenvalue weighted by molar-refractivity contribution is 5.82. The number of hydrogen-bond donors (Lipinski definition) is 3. The molecule has 0 aliphatic carbocycles. The van der Waals surface area contributed by atoms with Gasteiger partial charge in [-0.3, -0.25) is 4.79 Å². The summed E-state index contributed by atoms with van der Waals surface area (Å²) in [5.41, 5.74) is 0.948. The molecule has 6 heteroatoms. The number of halogens is 1. The van der Waals surface area contributed by atoms with Gasteiger partial charge in [-0.05, 0) is 17.7 Å². The summed E-state index contributed by atoms with van der Waals surface area (Å²) in [6, 6.07) is 6.79. The first-order valence-electron chi connectivity index (χ1n) is 6.29. The van der Waals surface area contributed by atoms with Gasteiger partial charge in [-0.2, -0.15) is 0 Å². The van der Waals surface area contributed by atoms with Crippen molar-refractivity contribution in [3.8, 4) is 5.75 Å². The molecular formula is C13H18FN3O2. The summed E-state index contributed by atoms with van der Waals surface area (Å²) in [6.45, 7) is 1.95. The maximum absolute atomic E-state index is 11.9. The van der Waals surface area contributed by atoms with E-state index in [1.54, 1.807) is 24.3 Å². The number of nitrogens with one attached hydrogen (secondary N) is 3. The van der Waals surface area contributed by atoms with Gasteiger partial charge in [-0.1, -0.05) is 12.1 Å². The Balaban J connectivity index is 1.79. The van der Waals surface area contributed by atoms with Gasteiger partial charge >= 0.3 is 0 Å². The van der Waals surface area contributed by atoms with E-state index in [4.69, 9.17) is 4.74 Å². The first-order chi connectivity index (χ1) is 9.29. The van der Waals surface area contributed by atoms with Crippen molar-refractivity contribution in [2.45, 2.75) is 12.6 Å². The molecular weight excluding hydrogens is 249 g/mol. The number of piperazine rings is 1. The molecule has 2 rings (SSSR count). The Kier molecular flexibility index (Phi) is 5.11. The smallest absolute Gasteiger partial charge is 0.238 e. The number of carbonyl (C=O) groups excluding carboxylic acids is 1. The fourth-order valence-electron chi connectivity index (χ4n) is 1.92. The van der Waals surface area contributed by atoms with Crippen molar-refractivity contribution in [2.75, 3.05) is 26.5 Å². The lowest BCUT2D eigenvalue weighted by Gasteiger charge is -2.23. The molecule has 0 spiro atoms. The molecule has 0 bridgehead atoms. The van der Waals surface area contributed by atoms with Gasteiger partial charge < -0.3 is 20.7 Å². The van der Waals surface area contributed by atoms with Crippen LogP contribution in [0.4, 0.5) is 4.39 Å². The Morgan fingerprint density at radius 1 is 1.37 bits per heavy atom. The Labute approximate surface area is 111 Å². The number of alkyl halides is 1. The number of hydrogen-bond acceptors (Lipinski definition) is 4. The number of rotatable bonds is 5. The van der Waals surface area contributed by atoms with Crippen LogP contribution >= 0.6 is 0 Å². The van der Waals surface area contributed by atoms with Crippen molar-refractivity contribution in [1.82, 2.24) is 16.0 Å². The van der Waals surface area contributed by atoms with Crippen LogP contribution in [-0.4, -0.2) is 38.4 Å². The van der Waals surface area contributed by atoms with Gasteiger partial charge in [0.15, 0.2) is 0 Å². The van der Waals surface area contributed by atoms with Crippen LogP contribution in [0.1, 0.15) is 5.56 Å². The third-order valence-electron chi connectivity index (χ3n) is 2.97. The molecule has 1 aromatic rings. The summed E-state index contributed by atoms with van der Waals surface area (Å²) in [5.74, 6) is 0.465. The van der Waals surface area contributed by atoms with E-state index in [2.05, 4.69) is 16.0 Å². The summed E-state index contributed by atoms with van der Waals surface area (Å²) in [4.78, 5) is 11.9. The summed E-state index contributed by atoms with van der Waals surface area (Å²) in [6.07, 6.45) is 0. The molecule has 0 radical (unpaired) electrons. The predicted octanol–water partition coefficient (Wildman–Crippen LogP) is 0.170. The molecule has 1 aliphatic heterocycles. The standard InChI is InChI=1S/C13H18FN3O2/c14-9-19-11-3-1-10(2-4-11)7-17-13(18)12-8-15-5-6-16-12/h1-4,12,15-16H,5-9H2,(H,17,18). The Bertz CT molecular complexity index is 405. The van der Waals surface area contributed by atoms with E-state index in [-0.39, 0.29) is 11.9 Å². The maximum atomic E-state index is 11.9. The summed E-state index contributed by atoms with van der Waals surface area (Å²) in [7, 11) is 0. The maximum Gasteiger partial charge on any atom is 0.238 e. The SMILES string of the molecule is O=C(NCc1ccc(OCF)cc1)C1CNCCN1. The number of amides is 1. The van der Waals surface area contributed by atoms with Gasteiger partial charge in [-0.15, -0.1) is 0 Å². The van der Waals surface area contributed by atoms with E-state index in [9.17, 15) is 9.18 Å². The molecule has 1 aliphatic rings. The highest BCUT2D eigenvalue weighted by atomic mass is 19.1. The third kappa shape index (κ3) is 4.18. The van der Waals surface area contributed by atoms with E-state index >= 15 is 0 Å². The van der Waals surface area contributed by atoms with Crippen LogP contribution in [0.2, 0.25) is 0 Å². The fraction of sp³-hybridized carbons (Fsp3) is 0.462. The van der Waals surface area contributed by atoms with Gasteiger partial charge in [-0.25, -0.2) is 4.39 Å². The second kappa shape index (κ2) is 7.06. The summed E-state index contributed by atoms with van der Waals surface area (Å²) >= 11 is 0. The lowest BCUT2D eigenvalue weighted by Crippen LogP contribution is -2.55. The van der Waals surface area contributed by atoms with Gasteiger partial charge in [0.25, 0.3) is 0 Å². The van der Waals surface area contributed by atoms with E-state index in [0.717, 1.165) is 18.7 Å². The van der Waals surface area contributed by atoms with Crippen LogP contribution in [-0.2, 0) is 11.3 Å². The van der Waals surface area contributed by atoms with Gasteiger partial charge in [0, 0.05) is 26.2 Å². The molecule has 3 N–H and O–H groups in total. The second-order valence-electron chi connectivity index (χ2n) is 4.33. The molecule has 1 saturated heterocycles. The summed E-state index contributed by atoms with van der Waals surface area (Å²) in [5, 5.41) is 9.17. The Morgan fingerprint density at radius 2 is 2.16 bits per heavy atom. The largest absolute Gasteiger partial charge is 0.463 e. The molecule has 1 fully saturated rings. The monoisotopic (exact) mass is 267 g/mol.